The summed E-state index contributed by atoms with van der Waals surface area (Å²) in [6.07, 6.45) is -4.80. The van der Waals surface area contributed by atoms with Crippen LogP contribution in [0.2, 0.25) is 5.02 Å². The number of alkyl halides is 3. The third-order valence-corrected chi connectivity index (χ3v) is 6.04. The maximum absolute atomic E-state index is 13.5. The maximum Gasteiger partial charge on any atom is 0.409 e. The Morgan fingerprint density at radius 1 is 1.04 bits per heavy atom. The molecule has 0 bridgehead atoms. The molecule has 1 aliphatic heterocycles. The van der Waals surface area contributed by atoms with Crippen LogP contribution in [0.1, 0.15) is 12.0 Å². The van der Waals surface area contributed by atoms with Crippen LogP contribution in [0.15, 0.2) is 53.4 Å². The summed E-state index contributed by atoms with van der Waals surface area (Å²) in [5.41, 5.74) is 0.650. The Bertz CT molecular complexity index is 850. The summed E-state index contributed by atoms with van der Waals surface area (Å²) in [7, 11) is -4.37. The first-order valence-corrected chi connectivity index (χ1v) is 8.97. The van der Waals surface area contributed by atoms with Crippen LogP contribution in [-0.2, 0) is 16.4 Å². The molecule has 2 aromatic carbocycles. The summed E-state index contributed by atoms with van der Waals surface area (Å²) in [4.78, 5) is -0.224. The monoisotopic (exact) mass is 375 g/mol. The summed E-state index contributed by atoms with van der Waals surface area (Å²) in [5.74, 6) is 0. The summed E-state index contributed by atoms with van der Waals surface area (Å²) >= 11 is 5.74. The number of sulfonamides is 1. The molecule has 0 N–H and O–H groups in total. The van der Waals surface area contributed by atoms with Crippen LogP contribution in [0.3, 0.4) is 0 Å². The molecule has 0 amide bonds. The molecule has 3 nitrogen and oxygen atoms in total. The Hall–Kier alpha value is -1.73. The van der Waals surface area contributed by atoms with Crippen LogP contribution in [0.4, 0.5) is 18.9 Å². The van der Waals surface area contributed by atoms with Crippen molar-refractivity contribution in [3.8, 4) is 0 Å². The molecule has 0 aliphatic carbocycles. The highest BCUT2D eigenvalue weighted by molar-refractivity contribution is 7.92. The molecular formula is C16H13ClF3NO2S. The minimum atomic E-state index is -4.66. The molecule has 24 heavy (non-hydrogen) atoms. The van der Waals surface area contributed by atoms with E-state index in [-0.39, 0.29) is 23.4 Å². The molecule has 128 valence electrons. The number of para-hydroxylation sites is 1. The van der Waals surface area contributed by atoms with Crippen LogP contribution in [0, 0.1) is 0 Å². The molecule has 1 unspecified atom stereocenters. The molecule has 1 atom stereocenters. The average Bonchev–Trinajstić information content (AvgIpc) is 2.53. The number of halogens is 4. The first-order valence-electron chi connectivity index (χ1n) is 7.16. The average molecular weight is 376 g/mol. The number of aryl methyl sites for hydroxylation is 1. The number of benzene rings is 2. The van der Waals surface area contributed by atoms with Gasteiger partial charge >= 0.3 is 6.18 Å². The topological polar surface area (TPSA) is 37.4 Å². The quantitative estimate of drug-likeness (QED) is 0.779. The van der Waals surface area contributed by atoms with E-state index in [0.717, 1.165) is 0 Å². The van der Waals surface area contributed by atoms with E-state index in [1.165, 1.54) is 36.4 Å². The first-order chi connectivity index (χ1) is 11.2. The summed E-state index contributed by atoms with van der Waals surface area (Å²) in [5, 5.41) is 0.306. The molecule has 0 saturated heterocycles. The molecule has 1 heterocycles. The third kappa shape index (κ3) is 2.98. The second kappa shape index (κ2) is 5.97. The van der Waals surface area contributed by atoms with Crippen LogP contribution in [0.25, 0.3) is 0 Å². The number of hydrogen-bond donors (Lipinski definition) is 0. The van der Waals surface area contributed by atoms with Gasteiger partial charge in [0.05, 0.1) is 10.6 Å². The zero-order valence-electron chi connectivity index (χ0n) is 12.3. The fourth-order valence-electron chi connectivity index (χ4n) is 2.83. The van der Waals surface area contributed by atoms with Crippen LogP contribution in [0.5, 0.6) is 0 Å². The van der Waals surface area contributed by atoms with Gasteiger partial charge in [-0.1, -0.05) is 29.8 Å². The minimum absolute atomic E-state index is 0.0704. The van der Waals surface area contributed by atoms with Gasteiger partial charge in [0.15, 0.2) is 0 Å². The van der Waals surface area contributed by atoms with Crippen molar-refractivity contribution < 1.29 is 21.6 Å². The van der Waals surface area contributed by atoms with Crippen molar-refractivity contribution in [1.29, 1.82) is 0 Å². The number of nitrogens with zero attached hydrogens (tertiary/aromatic N) is 1. The Morgan fingerprint density at radius 3 is 2.29 bits per heavy atom. The molecule has 3 rings (SSSR count). The van der Waals surface area contributed by atoms with Gasteiger partial charge in [0.2, 0.25) is 0 Å². The predicted molar refractivity (Wildman–Crippen MR) is 85.7 cm³/mol. The fraction of sp³-hybridized carbons (Fsp3) is 0.250. The van der Waals surface area contributed by atoms with E-state index < -0.39 is 22.2 Å². The second-order valence-electron chi connectivity index (χ2n) is 5.48. The minimum Gasteiger partial charge on any atom is -0.254 e. The lowest BCUT2D eigenvalue weighted by Gasteiger charge is -2.38. The van der Waals surface area contributed by atoms with Crippen molar-refractivity contribution >= 4 is 27.3 Å². The van der Waals surface area contributed by atoms with Crippen molar-refractivity contribution in [1.82, 2.24) is 0 Å². The van der Waals surface area contributed by atoms with Crippen molar-refractivity contribution in [3.05, 3.63) is 59.1 Å². The third-order valence-electron chi connectivity index (χ3n) is 3.95. The molecule has 1 aliphatic rings. The first kappa shape index (κ1) is 17.1. The maximum atomic E-state index is 13.5. The van der Waals surface area contributed by atoms with Crippen LogP contribution in [-0.4, -0.2) is 20.6 Å². The fourth-order valence-corrected chi connectivity index (χ4v) is 4.66. The standard InChI is InChI=1S/C16H13ClF3NO2S/c17-12-6-8-13(9-7-12)24(22,23)21-14-4-2-1-3-11(14)5-10-15(21)16(18,19)20/h1-4,6-9,15H,5,10H2. The van der Waals surface area contributed by atoms with E-state index in [2.05, 4.69) is 0 Å². The Kier molecular flexibility index (Phi) is 4.25. The van der Waals surface area contributed by atoms with E-state index in [9.17, 15) is 21.6 Å². The van der Waals surface area contributed by atoms with Crippen molar-refractivity contribution in [2.75, 3.05) is 4.31 Å². The molecule has 2 aromatic rings. The van der Waals surface area contributed by atoms with Gasteiger partial charge in [-0.2, -0.15) is 13.2 Å². The van der Waals surface area contributed by atoms with Gasteiger partial charge in [0.1, 0.15) is 6.04 Å². The highest BCUT2D eigenvalue weighted by Gasteiger charge is 2.50. The molecule has 0 aromatic heterocycles. The Labute approximate surface area is 142 Å². The van der Waals surface area contributed by atoms with Crippen LogP contribution >= 0.6 is 11.6 Å². The summed E-state index contributed by atoms with van der Waals surface area (Å²) < 4.78 is 66.7. The normalized spacial score (nSPS) is 18.3. The molecular weight excluding hydrogens is 363 g/mol. The van der Waals surface area contributed by atoms with Crippen molar-refractivity contribution in [2.45, 2.75) is 30.0 Å². The predicted octanol–water partition coefficient (Wildman–Crippen LogP) is 4.41. The Balaban J connectivity index is 2.18. The van der Waals surface area contributed by atoms with E-state index in [1.54, 1.807) is 12.1 Å². The zero-order valence-corrected chi connectivity index (χ0v) is 13.9. The van der Waals surface area contributed by atoms with Gasteiger partial charge in [0, 0.05) is 5.02 Å². The van der Waals surface area contributed by atoms with Gasteiger partial charge in [-0.15, -0.1) is 0 Å². The van der Waals surface area contributed by atoms with Crippen molar-refractivity contribution in [3.63, 3.8) is 0 Å². The molecule has 8 heteroatoms. The lowest BCUT2D eigenvalue weighted by Crippen LogP contribution is -2.51. The molecule has 0 fully saturated rings. The largest absolute Gasteiger partial charge is 0.409 e. The van der Waals surface area contributed by atoms with Gasteiger partial charge < -0.3 is 0 Å². The lowest BCUT2D eigenvalue weighted by molar-refractivity contribution is -0.147. The van der Waals surface area contributed by atoms with E-state index >= 15 is 0 Å². The van der Waals surface area contributed by atoms with E-state index in [4.69, 9.17) is 11.6 Å². The van der Waals surface area contributed by atoms with Gasteiger partial charge in [-0.3, -0.25) is 4.31 Å². The van der Waals surface area contributed by atoms with Crippen molar-refractivity contribution in [2.24, 2.45) is 0 Å². The zero-order chi connectivity index (χ0) is 17.5. The lowest BCUT2D eigenvalue weighted by atomic mass is 9.98. The molecule has 0 spiro atoms. The number of fused-ring (bicyclic) bond motifs is 1. The molecule has 0 radical (unpaired) electrons. The number of anilines is 1. The van der Waals surface area contributed by atoms with E-state index in [1.807, 2.05) is 0 Å². The molecule has 0 saturated carbocycles. The SMILES string of the molecule is O=S(=O)(c1ccc(Cl)cc1)N1c2ccccc2CCC1C(F)(F)F. The summed E-state index contributed by atoms with van der Waals surface area (Å²) in [6.45, 7) is 0. The van der Waals surface area contributed by atoms with E-state index in [0.29, 0.717) is 14.9 Å². The summed E-state index contributed by atoms with van der Waals surface area (Å²) in [6, 6.07) is 9.27. The highest BCUT2D eigenvalue weighted by Crippen LogP contribution is 2.41. The smallest absolute Gasteiger partial charge is 0.254 e. The van der Waals surface area contributed by atoms with Gasteiger partial charge in [-0.25, -0.2) is 8.42 Å². The van der Waals surface area contributed by atoms with Gasteiger partial charge in [-0.05, 0) is 48.7 Å². The Morgan fingerprint density at radius 2 is 1.67 bits per heavy atom. The van der Waals surface area contributed by atoms with Crippen LogP contribution < -0.4 is 4.31 Å². The second-order valence-corrected chi connectivity index (χ2v) is 7.73. The highest BCUT2D eigenvalue weighted by atomic mass is 35.5. The van der Waals surface area contributed by atoms with Gasteiger partial charge in [0.25, 0.3) is 10.0 Å². The number of rotatable bonds is 2. The number of hydrogen-bond acceptors (Lipinski definition) is 2.